The SMILES string of the molecule is CCOC(=O)OC(=O)c1cc(OSN(C)CC)c(N)cc1OC.S. The molecule has 0 aliphatic heterocycles. The van der Waals surface area contributed by atoms with Crippen molar-refractivity contribution < 1.29 is 28.0 Å². The Morgan fingerprint density at radius 1 is 1.25 bits per heavy atom. The van der Waals surface area contributed by atoms with Gasteiger partial charge in [-0.1, -0.05) is 6.92 Å². The molecule has 1 aromatic rings. The maximum absolute atomic E-state index is 12.1. The quantitative estimate of drug-likeness (QED) is 0.252. The van der Waals surface area contributed by atoms with Gasteiger partial charge < -0.3 is 24.1 Å². The highest BCUT2D eigenvalue weighted by molar-refractivity contribution is 7.92. The summed E-state index contributed by atoms with van der Waals surface area (Å²) in [5, 5.41) is 0. The van der Waals surface area contributed by atoms with Gasteiger partial charge in [0.25, 0.3) is 0 Å². The minimum absolute atomic E-state index is 0. The Morgan fingerprint density at radius 3 is 2.46 bits per heavy atom. The van der Waals surface area contributed by atoms with E-state index in [0.29, 0.717) is 0 Å². The highest BCUT2D eigenvalue weighted by Crippen LogP contribution is 2.33. The lowest BCUT2D eigenvalue weighted by Gasteiger charge is -2.15. The van der Waals surface area contributed by atoms with E-state index in [4.69, 9.17) is 14.7 Å². The Morgan fingerprint density at radius 2 is 1.92 bits per heavy atom. The first kappa shape index (κ1) is 22.2. The van der Waals surface area contributed by atoms with Crippen molar-refractivity contribution in [1.29, 1.82) is 0 Å². The molecule has 24 heavy (non-hydrogen) atoms. The fraction of sp³-hybridized carbons (Fsp3) is 0.429. The van der Waals surface area contributed by atoms with E-state index in [2.05, 4.69) is 9.47 Å². The minimum atomic E-state index is -1.08. The standard InChI is InChI=1S/C14H20N2O6S.H2S/c1-5-16(3)23-22-12-7-9(11(19-4)8-10(12)15)13(17)21-14(18)20-6-2;/h7-8H,5-6,15H2,1-4H3;1H2. The number of nitrogen functional groups attached to an aromatic ring is 1. The van der Waals surface area contributed by atoms with Crippen LogP contribution in [0.2, 0.25) is 0 Å². The van der Waals surface area contributed by atoms with Crippen molar-refractivity contribution in [3.05, 3.63) is 17.7 Å². The van der Waals surface area contributed by atoms with E-state index in [1.165, 1.54) is 19.2 Å². The van der Waals surface area contributed by atoms with Crippen molar-refractivity contribution in [2.24, 2.45) is 0 Å². The van der Waals surface area contributed by atoms with E-state index >= 15 is 0 Å². The Hall–Kier alpha value is -1.78. The number of hydrogen-bond donors (Lipinski definition) is 1. The molecule has 0 heterocycles. The lowest BCUT2D eigenvalue weighted by Crippen LogP contribution is -2.15. The topological polar surface area (TPSA) is 100 Å². The summed E-state index contributed by atoms with van der Waals surface area (Å²) in [5.74, 6) is -0.496. The number of ether oxygens (including phenoxy) is 3. The fourth-order valence-corrected chi connectivity index (χ4v) is 1.87. The second kappa shape index (κ2) is 10.9. The van der Waals surface area contributed by atoms with Crippen LogP contribution < -0.4 is 14.7 Å². The summed E-state index contributed by atoms with van der Waals surface area (Å²) >= 11 is 1.07. The molecule has 1 rings (SSSR count). The molecule has 0 aliphatic rings. The van der Waals surface area contributed by atoms with Crippen LogP contribution in [-0.4, -0.2) is 43.7 Å². The third-order valence-corrected chi connectivity index (χ3v) is 3.46. The van der Waals surface area contributed by atoms with Crippen LogP contribution in [-0.2, 0) is 9.47 Å². The van der Waals surface area contributed by atoms with Crippen LogP contribution in [0.1, 0.15) is 24.2 Å². The third kappa shape index (κ3) is 6.38. The van der Waals surface area contributed by atoms with Gasteiger partial charge in [-0.15, -0.1) is 0 Å². The van der Waals surface area contributed by atoms with Gasteiger partial charge in [0.15, 0.2) is 5.75 Å². The molecule has 136 valence electrons. The predicted octanol–water partition coefficient (Wildman–Crippen LogP) is 2.60. The monoisotopic (exact) mass is 378 g/mol. The van der Waals surface area contributed by atoms with Crippen molar-refractivity contribution in [1.82, 2.24) is 4.31 Å². The van der Waals surface area contributed by atoms with Crippen LogP contribution in [0.25, 0.3) is 0 Å². The fourth-order valence-electron chi connectivity index (χ4n) is 1.41. The van der Waals surface area contributed by atoms with E-state index in [1.54, 1.807) is 6.92 Å². The summed E-state index contributed by atoms with van der Waals surface area (Å²) in [5.41, 5.74) is 6.15. The number of rotatable bonds is 7. The molecule has 0 radical (unpaired) electrons. The number of carbonyl (C=O) groups excluding carboxylic acids is 2. The van der Waals surface area contributed by atoms with Gasteiger partial charge in [0.1, 0.15) is 23.5 Å². The first-order chi connectivity index (χ1) is 10.9. The number of esters is 1. The van der Waals surface area contributed by atoms with Gasteiger partial charge in [-0.3, -0.25) is 0 Å². The van der Waals surface area contributed by atoms with Gasteiger partial charge in [-0.25, -0.2) is 13.9 Å². The van der Waals surface area contributed by atoms with Crippen molar-refractivity contribution >= 4 is 43.5 Å². The van der Waals surface area contributed by atoms with E-state index in [-0.39, 0.29) is 42.9 Å². The summed E-state index contributed by atoms with van der Waals surface area (Å²) in [6.45, 7) is 4.40. The van der Waals surface area contributed by atoms with Crippen LogP contribution in [0.15, 0.2) is 12.1 Å². The van der Waals surface area contributed by atoms with Crippen LogP contribution in [0.4, 0.5) is 10.5 Å². The Bertz CT molecular complexity index is 570. The highest BCUT2D eigenvalue weighted by Gasteiger charge is 2.21. The van der Waals surface area contributed by atoms with Crippen molar-refractivity contribution in [3.8, 4) is 11.5 Å². The third-order valence-electron chi connectivity index (χ3n) is 2.69. The molecule has 0 unspecified atom stereocenters. The molecule has 8 nitrogen and oxygen atoms in total. The number of anilines is 1. The van der Waals surface area contributed by atoms with Gasteiger partial charge in [0.05, 0.1) is 19.4 Å². The molecule has 0 spiro atoms. The summed E-state index contributed by atoms with van der Waals surface area (Å²) < 4.78 is 21.5. The zero-order valence-corrected chi connectivity index (χ0v) is 15.8. The molecule has 0 saturated carbocycles. The first-order valence-electron chi connectivity index (χ1n) is 6.85. The summed E-state index contributed by atoms with van der Waals surface area (Å²) in [6.07, 6.45) is -1.08. The molecule has 10 heteroatoms. The molecular formula is C14H22N2O6S2. The van der Waals surface area contributed by atoms with Crippen LogP contribution in [0, 0.1) is 0 Å². The summed E-state index contributed by atoms with van der Waals surface area (Å²) in [7, 11) is 3.20. The van der Waals surface area contributed by atoms with Gasteiger partial charge in [0, 0.05) is 25.7 Å². The smallest absolute Gasteiger partial charge is 0.496 e. The number of nitrogens with zero attached hydrogens (tertiary/aromatic N) is 1. The van der Waals surface area contributed by atoms with Crippen LogP contribution in [0.5, 0.6) is 11.5 Å². The van der Waals surface area contributed by atoms with E-state index < -0.39 is 12.1 Å². The molecule has 0 bridgehead atoms. The highest BCUT2D eigenvalue weighted by atomic mass is 32.2. The summed E-state index contributed by atoms with van der Waals surface area (Å²) in [4.78, 5) is 23.3. The zero-order chi connectivity index (χ0) is 17.4. The van der Waals surface area contributed by atoms with Gasteiger partial charge in [-0.2, -0.15) is 13.5 Å². The molecule has 0 aromatic heterocycles. The molecule has 0 saturated heterocycles. The average Bonchev–Trinajstić information content (AvgIpc) is 2.52. The Balaban J connectivity index is 0.00000529. The second-order valence-electron chi connectivity index (χ2n) is 4.26. The Labute approximate surface area is 152 Å². The number of methoxy groups -OCH3 is 1. The predicted molar refractivity (Wildman–Crippen MR) is 96.7 cm³/mol. The van der Waals surface area contributed by atoms with Gasteiger partial charge in [-0.05, 0) is 6.92 Å². The van der Waals surface area contributed by atoms with E-state index in [1.807, 2.05) is 18.3 Å². The molecule has 0 atom stereocenters. The van der Waals surface area contributed by atoms with Crippen molar-refractivity contribution in [2.75, 3.05) is 33.0 Å². The van der Waals surface area contributed by atoms with Crippen LogP contribution in [0.3, 0.4) is 0 Å². The minimum Gasteiger partial charge on any atom is -0.496 e. The summed E-state index contributed by atoms with van der Waals surface area (Å²) in [6, 6.07) is 2.77. The lowest BCUT2D eigenvalue weighted by atomic mass is 10.1. The molecule has 0 aliphatic carbocycles. The maximum atomic E-state index is 12.1. The number of carbonyl (C=O) groups is 2. The Kier molecular flexibility index (Phi) is 10.1. The van der Waals surface area contributed by atoms with Gasteiger partial charge >= 0.3 is 12.1 Å². The van der Waals surface area contributed by atoms with E-state index in [0.717, 1.165) is 18.8 Å². The molecule has 0 fully saturated rings. The molecule has 0 amide bonds. The average molecular weight is 378 g/mol. The zero-order valence-electron chi connectivity index (χ0n) is 14.0. The molecule has 2 N–H and O–H groups in total. The first-order valence-corrected chi connectivity index (χ1v) is 7.54. The van der Waals surface area contributed by atoms with Crippen LogP contribution >= 0.6 is 25.7 Å². The molecule has 1 aromatic carbocycles. The lowest BCUT2D eigenvalue weighted by molar-refractivity contribution is 0.0399. The van der Waals surface area contributed by atoms with Crippen molar-refractivity contribution in [2.45, 2.75) is 13.8 Å². The number of hydrogen-bond acceptors (Lipinski definition) is 9. The normalized spacial score (nSPS) is 9.88. The van der Waals surface area contributed by atoms with Crippen molar-refractivity contribution in [3.63, 3.8) is 0 Å². The second-order valence-corrected chi connectivity index (χ2v) is 5.20. The largest absolute Gasteiger partial charge is 0.516 e. The van der Waals surface area contributed by atoms with Gasteiger partial charge in [0.2, 0.25) is 0 Å². The number of nitrogens with two attached hydrogens (primary N) is 1. The maximum Gasteiger partial charge on any atom is 0.516 e. The molecular weight excluding hydrogens is 356 g/mol. The van der Waals surface area contributed by atoms with E-state index in [9.17, 15) is 9.59 Å². The number of benzene rings is 1.